The maximum atomic E-state index is 13.0. The van der Waals surface area contributed by atoms with Crippen molar-refractivity contribution in [1.29, 1.82) is 0 Å². The fourth-order valence-electron chi connectivity index (χ4n) is 8.52. The van der Waals surface area contributed by atoms with E-state index in [4.69, 9.17) is 11.6 Å². The molecule has 6 nitrogen and oxygen atoms in total. The van der Waals surface area contributed by atoms with Gasteiger partial charge in [0.15, 0.2) is 0 Å². The molecule has 3 unspecified atom stereocenters. The fraction of sp³-hybridized carbons (Fsp3) is 0.710. The van der Waals surface area contributed by atoms with E-state index < -0.39 is 6.04 Å². The second-order valence-corrected chi connectivity index (χ2v) is 14.9. The molecular weight excluding hydrogens is 530 g/mol. The number of nitrogens with zero attached hydrogens (tertiary/aromatic N) is 1. The van der Waals surface area contributed by atoms with E-state index in [1.807, 2.05) is 23.9 Å². The smallest absolute Gasteiger partial charge is 0.255 e. The summed E-state index contributed by atoms with van der Waals surface area (Å²) >= 11 is 8.80. The number of hydrogen-bond acceptors (Lipinski definition) is 5. The van der Waals surface area contributed by atoms with Crippen molar-refractivity contribution in [3.05, 3.63) is 29.3 Å². The molecule has 1 aromatic carbocycles. The Kier molecular flexibility index (Phi) is 8.04. The number of halogens is 1. The van der Waals surface area contributed by atoms with E-state index in [1.165, 1.54) is 77.0 Å². The number of thioether (sulfide) groups is 1. The molecule has 2 N–H and O–H groups in total. The van der Waals surface area contributed by atoms with Gasteiger partial charge in [-0.15, -0.1) is 23.4 Å². The van der Waals surface area contributed by atoms with E-state index in [1.54, 1.807) is 4.90 Å². The zero-order chi connectivity index (χ0) is 27.0. The lowest BCUT2D eigenvalue weighted by molar-refractivity contribution is -0.136. The van der Waals surface area contributed by atoms with Crippen LogP contribution in [0, 0.1) is 11.8 Å². The van der Waals surface area contributed by atoms with Crippen molar-refractivity contribution in [2.24, 2.45) is 11.8 Å². The van der Waals surface area contributed by atoms with Crippen LogP contribution in [0.5, 0.6) is 0 Å². The van der Waals surface area contributed by atoms with Crippen molar-refractivity contribution in [2.75, 3.05) is 12.3 Å². The quantitative estimate of drug-likeness (QED) is 0.143. The first kappa shape index (κ1) is 27.6. The van der Waals surface area contributed by atoms with E-state index in [0.717, 1.165) is 34.6 Å². The molecule has 1 saturated heterocycles. The van der Waals surface area contributed by atoms with Crippen molar-refractivity contribution in [1.82, 2.24) is 15.5 Å². The molecule has 0 spiro atoms. The van der Waals surface area contributed by atoms with Gasteiger partial charge < -0.3 is 10.2 Å². The van der Waals surface area contributed by atoms with Crippen LogP contribution in [0.2, 0.25) is 0 Å². The molecule has 4 saturated carbocycles. The summed E-state index contributed by atoms with van der Waals surface area (Å²) in [6.45, 7) is 1.59. The topological polar surface area (TPSA) is 78.5 Å². The van der Waals surface area contributed by atoms with Gasteiger partial charge in [-0.3, -0.25) is 19.7 Å². The Labute approximate surface area is 241 Å². The molecule has 3 amide bonds. The van der Waals surface area contributed by atoms with Crippen LogP contribution in [0.1, 0.15) is 106 Å². The van der Waals surface area contributed by atoms with Crippen molar-refractivity contribution in [2.45, 2.75) is 118 Å². The summed E-state index contributed by atoms with van der Waals surface area (Å²) in [7, 11) is 0. The molecule has 8 heteroatoms. The Hall–Kier alpha value is -1.57. The Morgan fingerprint density at radius 2 is 1.74 bits per heavy atom. The maximum Gasteiger partial charge on any atom is 0.255 e. The summed E-state index contributed by atoms with van der Waals surface area (Å²) in [6, 6.07) is 5.34. The number of imide groups is 1. The summed E-state index contributed by atoms with van der Waals surface area (Å²) in [5.41, 5.74) is 2.07. The normalized spacial score (nSPS) is 33.1. The van der Waals surface area contributed by atoms with Crippen molar-refractivity contribution < 1.29 is 14.4 Å². The van der Waals surface area contributed by atoms with Crippen LogP contribution in [-0.2, 0) is 16.1 Å². The van der Waals surface area contributed by atoms with Crippen LogP contribution < -0.4 is 10.6 Å². The van der Waals surface area contributed by atoms with Gasteiger partial charge in [-0.25, -0.2) is 0 Å². The summed E-state index contributed by atoms with van der Waals surface area (Å²) in [6.07, 6.45) is 16.0. The van der Waals surface area contributed by atoms with Crippen LogP contribution >= 0.6 is 23.4 Å². The third kappa shape index (κ3) is 5.92. The molecule has 6 aliphatic rings. The number of carbonyl (C=O) groups excluding carboxylic acids is 3. The molecule has 7 rings (SSSR count). The Bertz CT molecular complexity index is 1110. The standard InChI is InChI=1S/C31H42ClN3O3S/c32-30-15-21-14-22(16-30)18-31(17-21,20-30)33-12-5-3-1-2-4-6-13-39-26-9-7-8-23-24(26)19-35(29(23)38)25-10-11-27(36)34-28(25)37/h7-9,21-22,25,33H,1-6,10-20H2,(H,34,36,37). The molecule has 4 aliphatic carbocycles. The van der Waals surface area contributed by atoms with Gasteiger partial charge in [-0.2, -0.15) is 0 Å². The van der Waals surface area contributed by atoms with Crippen molar-refractivity contribution >= 4 is 41.1 Å². The van der Waals surface area contributed by atoms with Gasteiger partial charge in [0.2, 0.25) is 11.8 Å². The van der Waals surface area contributed by atoms with Crippen LogP contribution in [0.25, 0.3) is 0 Å². The van der Waals surface area contributed by atoms with Crippen LogP contribution in [-0.4, -0.2) is 51.4 Å². The molecule has 5 fully saturated rings. The minimum absolute atomic E-state index is 0.0946. The van der Waals surface area contributed by atoms with Gasteiger partial charge in [-0.1, -0.05) is 31.7 Å². The lowest BCUT2D eigenvalue weighted by Gasteiger charge is -2.60. The number of piperidine rings is 1. The predicted molar refractivity (Wildman–Crippen MR) is 155 cm³/mol. The zero-order valence-electron chi connectivity index (χ0n) is 22.9. The second-order valence-electron chi connectivity index (χ2n) is 13.0. The van der Waals surface area contributed by atoms with Crippen molar-refractivity contribution in [3.63, 3.8) is 0 Å². The summed E-state index contributed by atoms with van der Waals surface area (Å²) in [5, 5.41) is 6.36. The van der Waals surface area contributed by atoms with Gasteiger partial charge in [0.05, 0.1) is 0 Å². The lowest BCUT2D eigenvalue weighted by Crippen LogP contribution is -2.63. The maximum absolute atomic E-state index is 13.0. The van der Waals surface area contributed by atoms with Gasteiger partial charge >= 0.3 is 0 Å². The van der Waals surface area contributed by atoms with Crippen molar-refractivity contribution in [3.8, 4) is 0 Å². The van der Waals surface area contributed by atoms with Gasteiger partial charge in [-0.05, 0) is 99.6 Å². The molecule has 212 valence electrons. The predicted octanol–water partition coefficient (Wildman–Crippen LogP) is 5.80. The van der Waals surface area contributed by atoms with E-state index in [0.29, 0.717) is 24.1 Å². The number of fused-ring (bicyclic) bond motifs is 1. The fourth-order valence-corrected chi connectivity index (χ4v) is 10.3. The van der Waals surface area contributed by atoms with Gasteiger partial charge in [0.1, 0.15) is 6.04 Å². The molecule has 2 aliphatic heterocycles. The summed E-state index contributed by atoms with van der Waals surface area (Å²) in [4.78, 5) is 39.7. The largest absolute Gasteiger partial charge is 0.322 e. The Balaban J connectivity index is 0.872. The van der Waals surface area contributed by atoms with Crippen LogP contribution in [0.4, 0.5) is 0 Å². The highest BCUT2D eigenvalue weighted by molar-refractivity contribution is 7.99. The minimum atomic E-state index is -0.555. The van der Waals surface area contributed by atoms with Crippen LogP contribution in [0.3, 0.4) is 0 Å². The molecular formula is C31H42ClN3O3S. The third-order valence-corrected chi connectivity index (χ3v) is 11.5. The van der Waals surface area contributed by atoms with Crippen LogP contribution in [0.15, 0.2) is 23.1 Å². The lowest BCUT2D eigenvalue weighted by atomic mass is 9.52. The monoisotopic (exact) mass is 571 g/mol. The summed E-state index contributed by atoms with van der Waals surface area (Å²) < 4.78 is 0. The number of rotatable bonds is 12. The number of unbranched alkanes of at least 4 members (excludes halogenated alkanes) is 5. The zero-order valence-corrected chi connectivity index (χ0v) is 24.5. The molecule has 2 heterocycles. The van der Waals surface area contributed by atoms with Gasteiger partial charge in [0.25, 0.3) is 5.91 Å². The molecule has 0 aromatic heterocycles. The molecule has 1 aromatic rings. The first-order valence-corrected chi connectivity index (χ1v) is 16.5. The minimum Gasteiger partial charge on any atom is -0.322 e. The Morgan fingerprint density at radius 3 is 2.49 bits per heavy atom. The van der Waals surface area contributed by atoms with E-state index in [-0.39, 0.29) is 29.0 Å². The number of hydrogen-bond donors (Lipinski definition) is 2. The average molecular weight is 572 g/mol. The average Bonchev–Trinajstić information content (AvgIpc) is 3.20. The molecule has 4 bridgehead atoms. The second kappa shape index (κ2) is 11.4. The first-order chi connectivity index (χ1) is 18.8. The highest BCUT2D eigenvalue weighted by Gasteiger charge is 2.56. The highest BCUT2D eigenvalue weighted by atomic mass is 35.5. The Morgan fingerprint density at radius 1 is 1.00 bits per heavy atom. The molecule has 39 heavy (non-hydrogen) atoms. The number of carbonyl (C=O) groups is 3. The number of benzene rings is 1. The SMILES string of the molecule is O=C1CCC(N2Cc3c(SCCCCCCCCNC45CC6CC(CC(Cl)(C6)C4)C5)cccc3C2=O)C(=O)N1. The van der Waals surface area contributed by atoms with E-state index in [2.05, 4.69) is 16.7 Å². The van der Waals surface area contributed by atoms with Gasteiger partial charge in [0, 0.05) is 33.8 Å². The number of alkyl halides is 1. The molecule has 3 atom stereocenters. The molecule has 0 radical (unpaired) electrons. The summed E-state index contributed by atoms with van der Waals surface area (Å²) in [5.74, 6) is 2.05. The third-order valence-electron chi connectivity index (χ3n) is 9.86. The number of nitrogens with one attached hydrogen (secondary N) is 2. The first-order valence-electron chi connectivity index (χ1n) is 15.2. The number of amides is 3. The highest BCUT2D eigenvalue weighted by Crippen LogP contribution is 2.60. The van der Waals surface area contributed by atoms with E-state index >= 15 is 0 Å². The van der Waals surface area contributed by atoms with E-state index in [9.17, 15) is 14.4 Å².